The van der Waals surface area contributed by atoms with Crippen LogP contribution in [0.25, 0.3) is 6.08 Å². The molecule has 0 fully saturated rings. The van der Waals surface area contributed by atoms with Gasteiger partial charge in [-0.25, -0.2) is 4.79 Å². The number of ether oxygens (including phenoxy) is 1. The Hall–Kier alpha value is -3.81. The summed E-state index contributed by atoms with van der Waals surface area (Å²) in [7, 11) is 0. The summed E-state index contributed by atoms with van der Waals surface area (Å²) in [6, 6.07) is 12.2. The van der Waals surface area contributed by atoms with E-state index < -0.39 is 22.8 Å². The number of rotatable bonds is 9. The number of nitro groups is 1. The number of hydrogen-bond acceptors (Lipinski definition) is 6. The highest BCUT2D eigenvalue weighted by Gasteiger charge is 2.19. The Bertz CT molecular complexity index is 966. The number of nitrogens with one attached hydrogen (secondary N) is 1. The highest BCUT2D eigenvalue weighted by atomic mass is 16.6. The number of para-hydroxylation sites is 1. The predicted molar refractivity (Wildman–Crippen MR) is 112 cm³/mol. The van der Waals surface area contributed by atoms with E-state index in [0.29, 0.717) is 17.7 Å². The fraction of sp³-hybridized carbons (Fsp3) is 0.227. The van der Waals surface area contributed by atoms with Crippen molar-refractivity contribution in [3.05, 3.63) is 75.8 Å². The van der Waals surface area contributed by atoms with Gasteiger partial charge >= 0.3 is 5.97 Å². The van der Waals surface area contributed by atoms with Crippen molar-refractivity contribution >= 4 is 35.1 Å². The minimum atomic E-state index is -1.05. The van der Waals surface area contributed by atoms with Gasteiger partial charge in [0, 0.05) is 29.8 Å². The molecule has 1 N–H and O–H groups in total. The number of anilines is 1. The fourth-order valence-electron chi connectivity index (χ4n) is 2.62. The van der Waals surface area contributed by atoms with E-state index in [4.69, 9.17) is 4.74 Å². The molecule has 1 amide bonds. The molecule has 1 atom stereocenters. The highest BCUT2D eigenvalue weighted by Crippen LogP contribution is 2.19. The zero-order chi connectivity index (χ0) is 22.1. The summed E-state index contributed by atoms with van der Waals surface area (Å²) in [5.74, 6) is -1.31. The Balaban J connectivity index is 1.97. The van der Waals surface area contributed by atoms with E-state index in [9.17, 15) is 24.5 Å². The molecule has 8 heteroatoms. The summed E-state index contributed by atoms with van der Waals surface area (Å²) in [4.78, 5) is 46.5. The van der Waals surface area contributed by atoms with Gasteiger partial charge in [0.15, 0.2) is 6.10 Å². The van der Waals surface area contributed by atoms with Crippen LogP contribution < -0.4 is 5.32 Å². The number of carbonyl (C=O) groups is 3. The second-order valence-electron chi connectivity index (χ2n) is 6.47. The molecule has 30 heavy (non-hydrogen) atoms. The van der Waals surface area contributed by atoms with Gasteiger partial charge in [-0.05, 0) is 49.8 Å². The lowest BCUT2D eigenvalue weighted by molar-refractivity contribution is -0.385. The van der Waals surface area contributed by atoms with Crippen LogP contribution in [0.15, 0.2) is 54.6 Å². The molecule has 0 saturated carbocycles. The van der Waals surface area contributed by atoms with Gasteiger partial charge in [-0.15, -0.1) is 0 Å². The number of ketones is 1. The van der Waals surface area contributed by atoms with Gasteiger partial charge in [-0.2, -0.15) is 0 Å². The number of amides is 1. The van der Waals surface area contributed by atoms with Crippen molar-refractivity contribution in [1.82, 2.24) is 0 Å². The Morgan fingerprint density at radius 1 is 1.13 bits per heavy atom. The van der Waals surface area contributed by atoms with Crippen molar-refractivity contribution < 1.29 is 24.0 Å². The standard InChI is InChI=1S/C22H22N2O6/c1-3-6-20(25)23-18-12-9-17(10-13-18)22(27)15(2)30-21(26)14-11-16-7-4-5-8-19(16)24(28)29/h4-5,7-15H,3,6H2,1-2H3,(H,23,25)/b14-11+. The lowest BCUT2D eigenvalue weighted by Crippen LogP contribution is -2.23. The molecule has 0 aliphatic heterocycles. The molecule has 8 nitrogen and oxygen atoms in total. The Labute approximate surface area is 173 Å². The first-order valence-corrected chi connectivity index (χ1v) is 9.38. The number of nitrogens with zero attached hydrogens (tertiary/aromatic N) is 1. The normalized spacial score (nSPS) is 11.7. The maximum absolute atomic E-state index is 12.5. The average Bonchev–Trinajstić information content (AvgIpc) is 2.72. The molecule has 2 aromatic rings. The maximum Gasteiger partial charge on any atom is 0.331 e. The SMILES string of the molecule is CCCC(=O)Nc1ccc(C(=O)C(C)OC(=O)/C=C/c2ccccc2[N+](=O)[O-])cc1. The molecule has 0 aliphatic carbocycles. The summed E-state index contributed by atoms with van der Waals surface area (Å²) in [5, 5.41) is 13.7. The second-order valence-corrected chi connectivity index (χ2v) is 6.47. The molecule has 0 radical (unpaired) electrons. The quantitative estimate of drug-likeness (QED) is 0.218. The molecular weight excluding hydrogens is 388 g/mol. The van der Waals surface area contributed by atoms with Crippen LogP contribution >= 0.6 is 0 Å². The zero-order valence-electron chi connectivity index (χ0n) is 16.7. The third kappa shape index (κ3) is 6.37. The van der Waals surface area contributed by atoms with E-state index in [1.807, 2.05) is 6.92 Å². The van der Waals surface area contributed by atoms with Gasteiger partial charge in [-0.3, -0.25) is 19.7 Å². The molecule has 0 spiro atoms. The van der Waals surface area contributed by atoms with E-state index in [2.05, 4.69) is 5.32 Å². The van der Waals surface area contributed by atoms with Gasteiger partial charge in [0.2, 0.25) is 11.7 Å². The van der Waals surface area contributed by atoms with E-state index in [-0.39, 0.29) is 17.2 Å². The van der Waals surface area contributed by atoms with Crippen molar-refractivity contribution in [2.45, 2.75) is 32.8 Å². The average molecular weight is 410 g/mol. The molecule has 0 bridgehead atoms. The van der Waals surface area contributed by atoms with Crippen LogP contribution in [0.3, 0.4) is 0 Å². The Morgan fingerprint density at radius 3 is 2.43 bits per heavy atom. The summed E-state index contributed by atoms with van der Waals surface area (Å²) in [6.45, 7) is 3.34. The highest BCUT2D eigenvalue weighted by molar-refractivity contribution is 6.01. The number of benzene rings is 2. The first-order valence-electron chi connectivity index (χ1n) is 9.38. The molecule has 0 aliphatic rings. The number of carbonyl (C=O) groups excluding carboxylic acids is 3. The van der Waals surface area contributed by atoms with Gasteiger partial charge < -0.3 is 10.1 Å². The smallest absolute Gasteiger partial charge is 0.331 e. The lowest BCUT2D eigenvalue weighted by atomic mass is 10.1. The third-order valence-electron chi connectivity index (χ3n) is 4.12. The van der Waals surface area contributed by atoms with E-state index >= 15 is 0 Å². The monoisotopic (exact) mass is 410 g/mol. The molecule has 1 unspecified atom stereocenters. The van der Waals surface area contributed by atoms with Crippen LogP contribution in [0.4, 0.5) is 11.4 Å². The summed E-state index contributed by atoms with van der Waals surface area (Å²) >= 11 is 0. The van der Waals surface area contributed by atoms with Gasteiger partial charge in [-0.1, -0.05) is 19.1 Å². The third-order valence-corrected chi connectivity index (χ3v) is 4.12. The van der Waals surface area contributed by atoms with Crippen molar-refractivity contribution in [3.63, 3.8) is 0 Å². The van der Waals surface area contributed by atoms with Crippen LogP contribution in [0.5, 0.6) is 0 Å². The molecule has 156 valence electrons. The Morgan fingerprint density at radius 2 is 1.80 bits per heavy atom. The minimum Gasteiger partial charge on any atom is -0.451 e. The zero-order valence-corrected chi connectivity index (χ0v) is 16.7. The van der Waals surface area contributed by atoms with Crippen LogP contribution in [0.1, 0.15) is 42.6 Å². The predicted octanol–water partition coefficient (Wildman–Crippen LogP) is 4.16. The van der Waals surface area contributed by atoms with Gasteiger partial charge in [0.05, 0.1) is 10.5 Å². The van der Waals surface area contributed by atoms with Crippen LogP contribution in [0.2, 0.25) is 0 Å². The molecule has 0 heterocycles. The van der Waals surface area contributed by atoms with Crippen LogP contribution in [0, 0.1) is 10.1 Å². The Kier molecular flexibility index (Phi) is 7.99. The van der Waals surface area contributed by atoms with Crippen LogP contribution in [-0.4, -0.2) is 28.7 Å². The van der Waals surface area contributed by atoms with E-state index in [0.717, 1.165) is 12.5 Å². The van der Waals surface area contributed by atoms with Crippen molar-refractivity contribution in [3.8, 4) is 0 Å². The second kappa shape index (κ2) is 10.7. The first-order chi connectivity index (χ1) is 14.3. The van der Waals surface area contributed by atoms with Crippen molar-refractivity contribution in [2.75, 3.05) is 5.32 Å². The lowest BCUT2D eigenvalue weighted by Gasteiger charge is -2.11. The number of nitro benzene ring substituents is 1. The summed E-state index contributed by atoms with van der Waals surface area (Å²) in [6.07, 6.45) is 2.41. The van der Waals surface area contributed by atoms with Crippen LogP contribution in [-0.2, 0) is 14.3 Å². The molecular formula is C22H22N2O6. The summed E-state index contributed by atoms with van der Waals surface area (Å²) < 4.78 is 5.10. The molecule has 2 aromatic carbocycles. The minimum absolute atomic E-state index is 0.107. The number of Topliss-reactive ketones (excluding diaryl/α,β-unsaturated/α-hetero) is 1. The molecule has 2 rings (SSSR count). The number of hydrogen-bond donors (Lipinski definition) is 1. The first kappa shape index (κ1) is 22.5. The summed E-state index contributed by atoms with van der Waals surface area (Å²) in [5.41, 5.74) is 1.00. The van der Waals surface area contributed by atoms with Crippen molar-refractivity contribution in [1.29, 1.82) is 0 Å². The van der Waals surface area contributed by atoms with Gasteiger partial charge in [0.25, 0.3) is 5.69 Å². The molecule has 0 aromatic heterocycles. The maximum atomic E-state index is 12.5. The largest absolute Gasteiger partial charge is 0.451 e. The van der Waals surface area contributed by atoms with E-state index in [1.165, 1.54) is 43.3 Å². The van der Waals surface area contributed by atoms with Crippen molar-refractivity contribution in [2.24, 2.45) is 0 Å². The fourth-order valence-corrected chi connectivity index (χ4v) is 2.62. The molecule has 0 saturated heterocycles. The van der Waals surface area contributed by atoms with E-state index in [1.54, 1.807) is 18.2 Å². The topological polar surface area (TPSA) is 116 Å². The van der Waals surface area contributed by atoms with Gasteiger partial charge in [0.1, 0.15) is 0 Å². The number of esters is 1.